The Morgan fingerprint density at radius 3 is 2.53 bits per heavy atom. The van der Waals surface area contributed by atoms with Crippen LogP contribution in [0.4, 0.5) is 4.79 Å². The Hall–Kier alpha value is -1.55. The highest BCUT2D eigenvalue weighted by atomic mass is 16.2. The van der Waals surface area contributed by atoms with Crippen LogP contribution in [-0.4, -0.2) is 36.6 Å². The minimum absolute atomic E-state index is 0.0163. The first kappa shape index (κ1) is 11.9. The lowest BCUT2D eigenvalue weighted by Gasteiger charge is -2.38. The smallest absolute Gasteiger partial charge is 0.317 e. The van der Waals surface area contributed by atoms with Gasteiger partial charge in [-0.05, 0) is 37.6 Å². The van der Waals surface area contributed by atoms with Crippen LogP contribution in [0.5, 0.6) is 0 Å². The molecule has 0 saturated carbocycles. The summed E-state index contributed by atoms with van der Waals surface area (Å²) in [5.74, 6) is 0. The van der Waals surface area contributed by atoms with E-state index in [2.05, 4.69) is 23.8 Å². The van der Waals surface area contributed by atoms with E-state index >= 15 is 0 Å². The maximum Gasteiger partial charge on any atom is 0.322 e. The summed E-state index contributed by atoms with van der Waals surface area (Å²) >= 11 is 0. The Balaban J connectivity index is 2.15. The van der Waals surface area contributed by atoms with Crippen molar-refractivity contribution in [2.75, 3.05) is 19.6 Å². The van der Waals surface area contributed by atoms with Gasteiger partial charge in [0.2, 0.25) is 0 Å². The molecule has 0 atom stereocenters. The van der Waals surface area contributed by atoms with Crippen LogP contribution >= 0.6 is 0 Å². The number of urea groups is 1. The quantitative estimate of drug-likeness (QED) is 0.773. The Morgan fingerprint density at radius 1 is 1.24 bits per heavy atom. The first-order chi connectivity index (χ1) is 8.26. The number of rotatable bonds is 3. The van der Waals surface area contributed by atoms with Gasteiger partial charge in [0.15, 0.2) is 0 Å². The molecule has 0 radical (unpaired) electrons. The summed E-state index contributed by atoms with van der Waals surface area (Å²) < 4.78 is 0. The minimum Gasteiger partial charge on any atom is -0.317 e. The van der Waals surface area contributed by atoms with Crippen LogP contribution < -0.4 is 10.6 Å². The van der Waals surface area contributed by atoms with Gasteiger partial charge in [0.1, 0.15) is 0 Å². The molecule has 0 aromatic carbocycles. The van der Waals surface area contributed by atoms with Crippen LogP contribution in [0.15, 0.2) is 36.6 Å². The highest BCUT2D eigenvalue weighted by Gasteiger charge is 2.29. The topological polar surface area (TPSA) is 44.4 Å². The van der Waals surface area contributed by atoms with E-state index in [1.54, 1.807) is 12.2 Å². The van der Waals surface area contributed by atoms with E-state index in [0.29, 0.717) is 12.6 Å². The van der Waals surface area contributed by atoms with Crippen LogP contribution in [0.1, 0.15) is 12.8 Å². The molecule has 1 saturated heterocycles. The molecule has 0 unspecified atom stereocenters. The number of carbonyl (C=O) groups is 1. The van der Waals surface area contributed by atoms with Gasteiger partial charge < -0.3 is 15.5 Å². The van der Waals surface area contributed by atoms with E-state index < -0.39 is 0 Å². The molecular weight excluding hydrogens is 214 g/mol. The lowest BCUT2D eigenvalue weighted by Crippen LogP contribution is -2.52. The third-order valence-corrected chi connectivity index (χ3v) is 3.39. The second-order valence-corrected chi connectivity index (χ2v) is 4.39. The van der Waals surface area contributed by atoms with Gasteiger partial charge >= 0.3 is 6.03 Å². The molecule has 0 aromatic heterocycles. The van der Waals surface area contributed by atoms with Gasteiger partial charge in [-0.3, -0.25) is 0 Å². The fraction of sp³-hybridized carbons (Fsp3) is 0.462. The predicted molar refractivity (Wildman–Crippen MR) is 68.5 cm³/mol. The zero-order chi connectivity index (χ0) is 12.3. The third-order valence-electron chi connectivity index (χ3n) is 3.39. The largest absolute Gasteiger partial charge is 0.322 e. The van der Waals surface area contributed by atoms with Crippen molar-refractivity contribution in [3.8, 4) is 0 Å². The first-order valence-electron chi connectivity index (χ1n) is 6.02. The van der Waals surface area contributed by atoms with Gasteiger partial charge in [-0.2, -0.15) is 0 Å². The molecule has 0 spiro atoms. The number of nitrogens with zero attached hydrogens (tertiary/aromatic N) is 1. The van der Waals surface area contributed by atoms with Crippen molar-refractivity contribution in [2.24, 2.45) is 0 Å². The van der Waals surface area contributed by atoms with Crippen molar-refractivity contribution in [2.45, 2.75) is 18.9 Å². The maximum atomic E-state index is 12.0. The maximum absolute atomic E-state index is 12.0. The Labute approximate surface area is 102 Å². The van der Waals surface area contributed by atoms with E-state index in [1.807, 2.05) is 4.90 Å². The molecular formula is C13H19N3O. The lowest BCUT2D eigenvalue weighted by molar-refractivity contribution is 0.164. The van der Waals surface area contributed by atoms with Gasteiger partial charge in [-0.15, -0.1) is 0 Å². The van der Waals surface area contributed by atoms with Crippen molar-refractivity contribution in [3.63, 3.8) is 0 Å². The summed E-state index contributed by atoms with van der Waals surface area (Å²) in [5, 5.41) is 6.18. The van der Waals surface area contributed by atoms with Gasteiger partial charge in [0.25, 0.3) is 0 Å². The Kier molecular flexibility index (Phi) is 3.64. The zero-order valence-corrected chi connectivity index (χ0v) is 10.0. The molecule has 2 heterocycles. The van der Waals surface area contributed by atoms with E-state index in [0.717, 1.165) is 37.2 Å². The third kappa shape index (κ3) is 2.42. The summed E-state index contributed by atoms with van der Waals surface area (Å²) in [7, 11) is 0. The van der Waals surface area contributed by atoms with E-state index in [4.69, 9.17) is 0 Å². The number of allylic oxidation sites excluding steroid dienone is 1. The lowest BCUT2D eigenvalue weighted by atomic mass is 10.0. The van der Waals surface area contributed by atoms with Crippen LogP contribution in [0.2, 0.25) is 0 Å². The van der Waals surface area contributed by atoms with Gasteiger partial charge in [0.05, 0.1) is 0 Å². The van der Waals surface area contributed by atoms with Gasteiger partial charge in [-0.1, -0.05) is 19.2 Å². The fourth-order valence-electron chi connectivity index (χ4n) is 2.38. The molecule has 2 amide bonds. The number of hydrogen-bond donors (Lipinski definition) is 2. The molecule has 2 aliphatic rings. The van der Waals surface area contributed by atoms with Crippen molar-refractivity contribution < 1.29 is 4.79 Å². The molecule has 4 heteroatoms. The molecule has 2 rings (SSSR count). The van der Waals surface area contributed by atoms with E-state index in [9.17, 15) is 4.79 Å². The Bertz CT molecular complexity index is 367. The predicted octanol–water partition coefficient (Wildman–Crippen LogP) is 1.39. The van der Waals surface area contributed by atoms with Crippen molar-refractivity contribution >= 4 is 6.03 Å². The summed E-state index contributed by atoms with van der Waals surface area (Å²) in [4.78, 5) is 13.9. The molecule has 4 nitrogen and oxygen atoms in total. The average Bonchev–Trinajstić information content (AvgIpc) is 2.39. The number of amides is 2. The summed E-state index contributed by atoms with van der Waals surface area (Å²) in [6.45, 7) is 10.1. The molecule has 1 fully saturated rings. The first-order valence-corrected chi connectivity index (χ1v) is 6.02. The second-order valence-electron chi connectivity index (χ2n) is 4.39. The van der Waals surface area contributed by atoms with Crippen LogP contribution in [0.3, 0.4) is 0 Å². The van der Waals surface area contributed by atoms with E-state index in [1.165, 1.54) is 0 Å². The second kappa shape index (κ2) is 5.19. The van der Waals surface area contributed by atoms with Crippen molar-refractivity contribution in [1.29, 1.82) is 0 Å². The number of carbonyl (C=O) groups excluding carboxylic acids is 1. The molecule has 92 valence electrons. The summed E-state index contributed by atoms with van der Waals surface area (Å²) in [6, 6.07) is 0.315. The van der Waals surface area contributed by atoms with Crippen LogP contribution in [-0.2, 0) is 0 Å². The number of hydrogen-bond acceptors (Lipinski definition) is 2. The minimum atomic E-state index is -0.0163. The van der Waals surface area contributed by atoms with Crippen LogP contribution in [0, 0.1) is 0 Å². The molecule has 17 heavy (non-hydrogen) atoms. The van der Waals surface area contributed by atoms with Crippen molar-refractivity contribution in [3.05, 3.63) is 36.6 Å². The fourth-order valence-corrected chi connectivity index (χ4v) is 2.38. The standard InChI is InChI=1S/C13H19N3O/c1-3-10-9-16(11-5-7-14-8-6-11)13(17)15-12(10)4-2/h3-4,11,14H,1-2,5-9H2,(H,15,17). The summed E-state index contributed by atoms with van der Waals surface area (Å²) in [6.07, 6.45) is 5.50. The molecule has 2 N–H and O–H groups in total. The Morgan fingerprint density at radius 2 is 1.94 bits per heavy atom. The molecule has 0 bridgehead atoms. The van der Waals surface area contributed by atoms with Gasteiger partial charge in [0, 0.05) is 18.3 Å². The number of piperidine rings is 1. The summed E-state index contributed by atoms with van der Waals surface area (Å²) in [5.41, 5.74) is 1.83. The van der Waals surface area contributed by atoms with Gasteiger partial charge in [-0.25, -0.2) is 4.79 Å². The van der Waals surface area contributed by atoms with Crippen LogP contribution in [0.25, 0.3) is 0 Å². The molecule has 2 aliphatic heterocycles. The zero-order valence-electron chi connectivity index (χ0n) is 10.0. The molecule has 0 aliphatic carbocycles. The highest BCUT2D eigenvalue weighted by Crippen LogP contribution is 2.20. The van der Waals surface area contributed by atoms with Crippen molar-refractivity contribution in [1.82, 2.24) is 15.5 Å². The normalized spacial score (nSPS) is 22.4. The van der Waals surface area contributed by atoms with E-state index in [-0.39, 0.29) is 6.03 Å². The SMILES string of the molecule is C=CC1=C(C=C)NC(=O)N(C2CCNCC2)C1. The average molecular weight is 233 g/mol. The number of nitrogens with one attached hydrogen (secondary N) is 2. The molecule has 0 aromatic rings. The monoisotopic (exact) mass is 233 g/mol. The highest BCUT2D eigenvalue weighted by molar-refractivity contribution is 5.79.